The molecule has 2 nitrogen and oxygen atoms in total. The molecule has 4 heteroatoms. The monoisotopic (exact) mass is 770 g/mol. The van der Waals surface area contributed by atoms with Crippen LogP contribution in [0.5, 0.6) is 0 Å². The standard InChI is InChI=1S/C53H61BN2S/c1-32-27-43-46-44(28-32)56(37-22-17-34(18-23-37)50(5,6)7)47-38-30-39-40(53(13,14)26-25-52(39,11)12)31-45(38)57-48(47)54(46)41-29-35(51(8,9)10)19-24-42(41)55(43)36-20-15-33(16-21-36)49(2,3)4/h15-24,27-31H,25-26H2,1-14H3/i22D,23D. The highest BCUT2D eigenvalue weighted by Gasteiger charge is 2.47. The molecule has 0 saturated heterocycles. The van der Waals surface area contributed by atoms with Crippen molar-refractivity contribution in [3.8, 4) is 0 Å². The van der Waals surface area contributed by atoms with Gasteiger partial charge in [0.25, 0.3) is 6.71 Å². The van der Waals surface area contributed by atoms with E-state index in [1.165, 1.54) is 59.4 Å². The molecule has 1 aromatic heterocycles. The third-order valence-corrected chi connectivity index (χ3v) is 14.7. The summed E-state index contributed by atoms with van der Waals surface area (Å²) in [6, 6.07) is 30.9. The Bertz CT molecular complexity index is 2690. The molecule has 0 amide bonds. The van der Waals surface area contributed by atoms with Gasteiger partial charge in [-0.05, 0) is 146 Å². The highest BCUT2D eigenvalue weighted by Crippen LogP contribution is 2.52. The van der Waals surface area contributed by atoms with Gasteiger partial charge in [0.2, 0.25) is 0 Å². The maximum absolute atomic E-state index is 9.79. The van der Waals surface area contributed by atoms with E-state index in [-0.39, 0.29) is 33.8 Å². The summed E-state index contributed by atoms with van der Waals surface area (Å²) in [6.45, 7) is 32.1. The Hall–Kier alpha value is -4.28. The number of aryl methyl sites for hydroxylation is 1. The molecule has 0 fully saturated rings. The number of benzene rings is 5. The number of thiophene rings is 1. The van der Waals surface area contributed by atoms with E-state index in [4.69, 9.17) is 0 Å². The molecule has 0 atom stereocenters. The summed E-state index contributed by atoms with van der Waals surface area (Å²) in [5.41, 5.74) is 16.6. The van der Waals surface area contributed by atoms with Gasteiger partial charge in [-0.3, -0.25) is 0 Å². The van der Waals surface area contributed by atoms with E-state index in [0.717, 1.165) is 41.0 Å². The van der Waals surface area contributed by atoms with Crippen molar-refractivity contribution in [2.24, 2.45) is 0 Å². The molecule has 0 bridgehead atoms. The molecule has 57 heavy (non-hydrogen) atoms. The Kier molecular flexibility index (Phi) is 7.78. The van der Waals surface area contributed by atoms with E-state index in [1.54, 1.807) is 0 Å². The Morgan fingerprint density at radius 3 is 1.70 bits per heavy atom. The minimum atomic E-state index is -0.186. The maximum atomic E-state index is 9.79. The lowest BCUT2D eigenvalue weighted by Gasteiger charge is -2.44. The van der Waals surface area contributed by atoms with Gasteiger partial charge in [0.05, 0.1) is 8.43 Å². The van der Waals surface area contributed by atoms with Crippen LogP contribution in [-0.2, 0) is 27.1 Å². The summed E-state index contributed by atoms with van der Waals surface area (Å²) in [5, 5.41) is 1.23. The molecule has 3 aliphatic rings. The average Bonchev–Trinajstić information content (AvgIpc) is 3.50. The zero-order valence-electron chi connectivity index (χ0n) is 38.8. The van der Waals surface area contributed by atoms with Crippen molar-refractivity contribution in [1.29, 1.82) is 0 Å². The molecule has 9 rings (SSSR count). The number of fused-ring (bicyclic) bond motifs is 7. The number of hydrogen-bond donors (Lipinski definition) is 0. The first-order valence-electron chi connectivity index (χ1n) is 22.1. The number of hydrogen-bond acceptors (Lipinski definition) is 3. The van der Waals surface area contributed by atoms with Crippen LogP contribution in [0.4, 0.5) is 34.1 Å². The SMILES string of the molecule is [2H]c1cc(C(C)(C)C)cc([2H])c1N1c2cc(C)cc3c2B(c2cc(C(C)(C)C)ccc2N3c2ccc(C(C)(C)C)cc2)c2sc3cc4c(cc3c21)C(C)(C)CCC4(C)C. The normalized spacial score (nSPS) is 17.5. The molecule has 5 aromatic carbocycles. The number of rotatable bonds is 2. The van der Waals surface area contributed by atoms with Gasteiger partial charge in [-0.25, -0.2) is 0 Å². The second kappa shape index (κ2) is 12.4. The molecule has 0 spiro atoms. The molecule has 3 heterocycles. The molecule has 0 radical (unpaired) electrons. The second-order valence-corrected chi connectivity index (χ2v) is 22.8. The number of nitrogens with zero attached hydrogens (tertiary/aromatic N) is 2. The average molecular weight is 771 g/mol. The Morgan fingerprint density at radius 1 is 0.596 bits per heavy atom. The smallest absolute Gasteiger partial charge is 0.264 e. The molecule has 0 N–H and O–H groups in total. The highest BCUT2D eigenvalue weighted by atomic mass is 32.1. The summed E-state index contributed by atoms with van der Waals surface area (Å²) in [4.78, 5) is 4.84. The highest BCUT2D eigenvalue weighted by molar-refractivity contribution is 7.33. The van der Waals surface area contributed by atoms with E-state index in [0.29, 0.717) is 17.8 Å². The summed E-state index contributed by atoms with van der Waals surface area (Å²) >= 11 is 1.93. The third kappa shape index (κ3) is 6.02. The first-order chi connectivity index (χ1) is 27.4. The van der Waals surface area contributed by atoms with Crippen LogP contribution >= 0.6 is 11.3 Å². The molecular weight excluding hydrogens is 707 g/mol. The van der Waals surface area contributed by atoms with E-state index < -0.39 is 0 Å². The Labute approximate surface area is 350 Å². The predicted octanol–water partition coefficient (Wildman–Crippen LogP) is 13.5. The van der Waals surface area contributed by atoms with Crippen molar-refractivity contribution in [2.45, 2.75) is 137 Å². The van der Waals surface area contributed by atoms with Gasteiger partial charge in [-0.15, -0.1) is 11.3 Å². The van der Waals surface area contributed by atoms with Crippen molar-refractivity contribution >= 4 is 78.0 Å². The lowest BCUT2D eigenvalue weighted by Crippen LogP contribution is -2.60. The predicted molar refractivity (Wildman–Crippen MR) is 252 cm³/mol. The number of anilines is 6. The van der Waals surface area contributed by atoms with E-state index in [1.807, 2.05) is 23.5 Å². The van der Waals surface area contributed by atoms with Crippen LogP contribution in [0.15, 0.2) is 90.9 Å². The van der Waals surface area contributed by atoms with Crippen molar-refractivity contribution in [3.05, 3.63) is 124 Å². The van der Waals surface area contributed by atoms with Crippen molar-refractivity contribution in [1.82, 2.24) is 0 Å². The van der Waals surface area contributed by atoms with E-state index >= 15 is 0 Å². The zero-order valence-corrected chi connectivity index (χ0v) is 37.6. The fourth-order valence-corrected chi connectivity index (χ4v) is 11.0. The molecule has 292 valence electrons. The Morgan fingerprint density at radius 2 is 1.12 bits per heavy atom. The molecular formula is C53H61BN2S. The first kappa shape index (κ1) is 35.9. The van der Waals surface area contributed by atoms with Gasteiger partial charge in [0.15, 0.2) is 0 Å². The minimum absolute atomic E-state index is 0.0260. The maximum Gasteiger partial charge on any atom is 0.264 e. The summed E-state index contributed by atoms with van der Waals surface area (Å²) in [7, 11) is 0. The van der Waals surface area contributed by atoms with Crippen LogP contribution < -0.4 is 25.5 Å². The first-order valence-corrected chi connectivity index (χ1v) is 21.9. The lowest BCUT2D eigenvalue weighted by atomic mass is 9.36. The molecule has 2 aliphatic heterocycles. The zero-order chi connectivity index (χ0) is 42.5. The van der Waals surface area contributed by atoms with Crippen LogP contribution in [0.1, 0.15) is 139 Å². The molecule has 6 aromatic rings. The molecule has 0 saturated carbocycles. The summed E-state index contributed by atoms with van der Waals surface area (Å²) < 4.78 is 22.2. The van der Waals surface area contributed by atoms with Crippen molar-refractivity contribution < 1.29 is 2.74 Å². The van der Waals surface area contributed by atoms with Gasteiger partial charge < -0.3 is 9.80 Å². The third-order valence-electron chi connectivity index (χ3n) is 13.5. The fourth-order valence-electron chi connectivity index (χ4n) is 9.71. The summed E-state index contributed by atoms with van der Waals surface area (Å²) in [5.74, 6) is 0. The van der Waals surface area contributed by atoms with Crippen LogP contribution in [0.2, 0.25) is 0 Å². The quantitative estimate of drug-likeness (QED) is 0.162. The van der Waals surface area contributed by atoms with Gasteiger partial charge in [-0.2, -0.15) is 0 Å². The Balaban J connectivity index is 1.42. The van der Waals surface area contributed by atoms with Crippen molar-refractivity contribution in [3.63, 3.8) is 0 Å². The van der Waals surface area contributed by atoms with E-state index in [2.05, 4.69) is 173 Å². The van der Waals surface area contributed by atoms with Gasteiger partial charge >= 0.3 is 0 Å². The van der Waals surface area contributed by atoms with E-state index in [9.17, 15) is 2.74 Å². The van der Waals surface area contributed by atoms with Gasteiger partial charge in [0, 0.05) is 43.3 Å². The largest absolute Gasteiger partial charge is 0.311 e. The lowest BCUT2D eigenvalue weighted by molar-refractivity contribution is 0.332. The minimum Gasteiger partial charge on any atom is -0.311 e. The van der Waals surface area contributed by atoms with Crippen molar-refractivity contribution in [2.75, 3.05) is 9.80 Å². The molecule has 0 unspecified atom stereocenters. The van der Waals surface area contributed by atoms with Gasteiger partial charge in [-0.1, -0.05) is 126 Å². The van der Waals surface area contributed by atoms with Crippen LogP contribution in [-0.4, -0.2) is 6.71 Å². The topological polar surface area (TPSA) is 6.48 Å². The fraction of sp³-hybridized carbons (Fsp3) is 0.396. The van der Waals surface area contributed by atoms with Gasteiger partial charge in [0.1, 0.15) is 0 Å². The van der Waals surface area contributed by atoms with Crippen LogP contribution in [0, 0.1) is 6.92 Å². The van der Waals surface area contributed by atoms with Crippen LogP contribution in [0.3, 0.4) is 0 Å². The molecule has 1 aliphatic carbocycles. The second-order valence-electron chi connectivity index (χ2n) is 21.7. The summed E-state index contributed by atoms with van der Waals surface area (Å²) in [6.07, 6.45) is 2.30. The van der Waals surface area contributed by atoms with Crippen LogP contribution in [0.25, 0.3) is 10.1 Å².